The van der Waals surface area contributed by atoms with Gasteiger partial charge in [-0.15, -0.1) is 11.3 Å². The normalized spacial score (nSPS) is 20.5. The molecule has 0 bridgehead atoms. The lowest BCUT2D eigenvalue weighted by Crippen LogP contribution is -2.28. The molecule has 24 heavy (non-hydrogen) atoms. The SMILES string of the molecule is CCCn1c(NCC2CCCO2)nc2sc3c(c2c1=O)CCCC3. The van der Waals surface area contributed by atoms with Crippen LogP contribution < -0.4 is 10.9 Å². The van der Waals surface area contributed by atoms with E-state index in [1.54, 1.807) is 11.3 Å². The van der Waals surface area contributed by atoms with Gasteiger partial charge in [-0.3, -0.25) is 9.36 Å². The molecule has 4 rings (SSSR count). The highest BCUT2D eigenvalue weighted by Gasteiger charge is 2.22. The standard InChI is InChI=1S/C18H25N3O2S/c1-2-9-21-17(22)15-13-7-3-4-8-14(13)24-16(15)20-18(21)19-11-12-6-5-10-23-12/h12H,2-11H2,1H3,(H,19,20). The molecule has 1 unspecified atom stereocenters. The summed E-state index contributed by atoms with van der Waals surface area (Å²) in [7, 11) is 0. The van der Waals surface area contributed by atoms with E-state index in [0.29, 0.717) is 12.5 Å². The fourth-order valence-corrected chi connectivity index (χ4v) is 5.07. The highest BCUT2D eigenvalue weighted by Crippen LogP contribution is 2.34. The van der Waals surface area contributed by atoms with Crippen molar-refractivity contribution < 1.29 is 4.74 Å². The summed E-state index contributed by atoms with van der Waals surface area (Å²) in [6, 6.07) is 0. The molecule has 6 heteroatoms. The molecule has 2 aliphatic rings. The lowest BCUT2D eigenvalue weighted by atomic mass is 9.97. The maximum Gasteiger partial charge on any atom is 0.263 e. The van der Waals surface area contributed by atoms with Gasteiger partial charge in [-0.1, -0.05) is 6.92 Å². The van der Waals surface area contributed by atoms with Gasteiger partial charge in [0.2, 0.25) is 5.95 Å². The lowest BCUT2D eigenvalue weighted by Gasteiger charge is -2.16. The molecule has 1 saturated heterocycles. The van der Waals surface area contributed by atoms with E-state index in [4.69, 9.17) is 9.72 Å². The molecule has 5 nitrogen and oxygen atoms in total. The van der Waals surface area contributed by atoms with Crippen molar-refractivity contribution in [3.63, 3.8) is 0 Å². The zero-order chi connectivity index (χ0) is 16.5. The van der Waals surface area contributed by atoms with Crippen LogP contribution >= 0.6 is 11.3 Å². The molecule has 1 aliphatic carbocycles. The number of aryl methyl sites for hydroxylation is 2. The molecule has 0 spiro atoms. The van der Waals surface area contributed by atoms with Gasteiger partial charge in [0.15, 0.2) is 0 Å². The number of fused-ring (bicyclic) bond motifs is 3. The van der Waals surface area contributed by atoms with Crippen molar-refractivity contribution in [2.75, 3.05) is 18.5 Å². The summed E-state index contributed by atoms with van der Waals surface area (Å²) < 4.78 is 7.52. The van der Waals surface area contributed by atoms with Gasteiger partial charge in [0.05, 0.1) is 11.5 Å². The van der Waals surface area contributed by atoms with E-state index >= 15 is 0 Å². The largest absolute Gasteiger partial charge is 0.376 e. The summed E-state index contributed by atoms with van der Waals surface area (Å²) >= 11 is 1.72. The Morgan fingerprint density at radius 3 is 3.00 bits per heavy atom. The number of rotatable bonds is 5. The van der Waals surface area contributed by atoms with Crippen LogP contribution in [0.5, 0.6) is 0 Å². The van der Waals surface area contributed by atoms with Crippen molar-refractivity contribution in [2.24, 2.45) is 0 Å². The molecule has 2 aromatic heterocycles. The van der Waals surface area contributed by atoms with Crippen molar-refractivity contribution in [3.05, 3.63) is 20.8 Å². The topological polar surface area (TPSA) is 56.1 Å². The number of nitrogens with one attached hydrogen (secondary N) is 1. The highest BCUT2D eigenvalue weighted by molar-refractivity contribution is 7.18. The van der Waals surface area contributed by atoms with Gasteiger partial charge in [-0.05, 0) is 50.5 Å². The molecule has 1 atom stereocenters. The number of aromatic nitrogens is 2. The maximum absolute atomic E-state index is 13.1. The Kier molecular flexibility index (Phi) is 4.59. The lowest BCUT2D eigenvalue weighted by molar-refractivity contribution is 0.120. The van der Waals surface area contributed by atoms with E-state index in [1.165, 1.54) is 23.3 Å². The highest BCUT2D eigenvalue weighted by atomic mass is 32.1. The van der Waals surface area contributed by atoms with Crippen LogP contribution in [-0.4, -0.2) is 28.8 Å². The van der Waals surface area contributed by atoms with Crippen LogP contribution in [0.2, 0.25) is 0 Å². The summed E-state index contributed by atoms with van der Waals surface area (Å²) in [5, 5.41) is 4.27. The van der Waals surface area contributed by atoms with Gasteiger partial charge in [-0.25, -0.2) is 4.98 Å². The second kappa shape index (κ2) is 6.84. The first-order valence-electron chi connectivity index (χ1n) is 9.18. The number of ether oxygens (including phenoxy) is 1. The molecule has 1 fully saturated rings. The fraction of sp³-hybridized carbons (Fsp3) is 0.667. The Balaban J connectivity index is 1.74. The summed E-state index contributed by atoms with van der Waals surface area (Å²) in [6.45, 7) is 4.38. The summed E-state index contributed by atoms with van der Waals surface area (Å²) in [6.07, 6.45) is 7.91. The van der Waals surface area contributed by atoms with E-state index < -0.39 is 0 Å². The molecule has 0 radical (unpaired) electrons. The zero-order valence-corrected chi connectivity index (χ0v) is 15.1. The molecule has 3 heterocycles. The quantitative estimate of drug-likeness (QED) is 0.901. The Labute approximate surface area is 146 Å². The predicted molar refractivity (Wildman–Crippen MR) is 98.3 cm³/mol. The van der Waals surface area contributed by atoms with Crippen molar-refractivity contribution in [1.82, 2.24) is 9.55 Å². The Morgan fingerprint density at radius 1 is 1.33 bits per heavy atom. The third-order valence-electron chi connectivity index (χ3n) is 5.03. The Hall–Kier alpha value is -1.40. The van der Waals surface area contributed by atoms with Crippen LogP contribution in [0.3, 0.4) is 0 Å². The fourth-order valence-electron chi connectivity index (χ4n) is 3.81. The second-order valence-corrected chi connectivity index (χ2v) is 7.88. The molecule has 1 N–H and O–H groups in total. The van der Waals surface area contributed by atoms with Crippen LogP contribution in [0.1, 0.15) is 49.5 Å². The number of nitrogens with zero attached hydrogens (tertiary/aromatic N) is 2. The third kappa shape index (κ3) is 2.86. The smallest absolute Gasteiger partial charge is 0.263 e. The average Bonchev–Trinajstić information content (AvgIpc) is 3.22. The molecular formula is C18H25N3O2S. The van der Waals surface area contributed by atoms with Gasteiger partial charge in [0.25, 0.3) is 5.56 Å². The van der Waals surface area contributed by atoms with Crippen molar-refractivity contribution in [1.29, 1.82) is 0 Å². The average molecular weight is 347 g/mol. The van der Waals surface area contributed by atoms with Gasteiger partial charge >= 0.3 is 0 Å². The first kappa shape index (κ1) is 16.1. The third-order valence-corrected chi connectivity index (χ3v) is 6.22. The monoisotopic (exact) mass is 347 g/mol. The van der Waals surface area contributed by atoms with Crippen LogP contribution in [0.15, 0.2) is 4.79 Å². The van der Waals surface area contributed by atoms with Gasteiger partial charge < -0.3 is 10.1 Å². The summed E-state index contributed by atoms with van der Waals surface area (Å²) in [5.74, 6) is 0.712. The minimum absolute atomic E-state index is 0.135. The molecular weight excluding hydrogens is 322 g/mol. The first-order valence-corrected chi connectivity index (χ1v) is 10.00. The van der Waals surface area contributed by atoms with E-state index in [1.807, 2.05) is 4.57 Å². The van der Waals surface area contributed by atoms with Crippen molar-refractivity contribution in [2.45, 2.75) is 64.5 Å². The summed E-state index contributed by atoms with van der Waals surface area (Å²) in [5.41, 5.74) is 1.41. The van der Waals surface area contributed by atoms with E-state index in [2.05, 4.69) is 12.2 Å². The van der Waals surface area contributed by atoms with Crippen molar-refractivity contribution in [3.8, 4) is 0 Å². The Bertz CT molecular complexity index is 790. The maximum atomic E-state index is 13.1. The van der Waals surface area contributed by atoms with E-state index in [0.717, 1.165) is 55.5 Å². The molecule has 130 valence electrons. The van der Waals surface area contributed by atoms with Crippen LogP contribution in [0.25, 0.3) is 10.2 Å². The van der Waals surface area contributed by atoms with Crippen LogP contribution in [0, 0.1) is 0 Å². The second-order valence-electron chi connectivity index (χ2n) is 6.80. The van der Waals surface area contributed by atoms with Gasteiger partial charge in [0.1, 0.15) is 4.83 Å². The number of hydrogen-bond donors (Lipinski definition) is 1. The Morgan fingerprint density at radius 2 is 2.21 bits per heavy atom. The molecule has 0 saturated carbocycles. The van der Waals surface area contributed by atoms with Gasteiger partial charge in [-0.2, -0.15) is 0 Å². The molecule has 2 aromatic rings. The minimum Gasteiger partial charge on any atom is -0.376 e. The molecule has 0 amide bonds. The molecule has 0 aromatic carbocycles. The van der Waals surface area contributed by atoms with Crippen LogP contribution in [0.4, 0.5) is 5.95 Å². The molecule has 1 aliphatic heterocycles. The predicted octanol–water partition coefficient (Wildman–Crippen LogP) is 3.34. The van der Waals surface area contributed by atoms with E-state index in [-0.39, 0.29) is 11.7 Å². The van der Waals surface area contributed by atoms with Crippen molar-refractivity contribution >= 4 is 27.5 Å². The minimum atomic E-state index is 0.135. The van der Waals surface area contributed by atoms with E-state index in [9.17, 15) is 4.79 Å². The number of thiophene rings is 1. The zero-order valence-electron chi connectivity index (χ0n) is 14.3. The summed E-state index contributed by atoms with van der Waals surface area (Å²) in [4.78, 5) is 20.2. The number of anilines is 1. The van der Waals surface area contributed by atoms with Crippen LogP contribution in [-0.2, 0) is 24.1 Å². The van der Waals surface area contributed by atoms with Gasteiger partial charge in [0, 0.05) is 24.6 Å². The first-order chi connectivity index (χ1) is 11.8. The number of hydrogen-bond acceptors (Lipinski definition) is 5.